The Labute approximate surface area is 190 Å². The normalized spacial score (nSPS) is 16.5. The average molecular weight is 467 g/mol. The Kier molecular flexibility index (Phi) is 9.80. The SMILES string of the molecule is O=C(O)C(Cc1ccc(OCCCCC2CCNCC2)cc1)NS(=O)Oc1cccs1. The Morgan fingerprint density at radius 2 is 2.00 bits per heavy atom. The van der Waals surface area contributed by atoms with Crippen LogP contribution in [-0.4, -0.2) is 41.0 Å². The zero-order valence-electron chi connectivity index (χ0n) is 17.5. The molecule has 3 N–H and O–H groups in total. The van der Waals surface area contributed by atoms with E-state index < -0.39 is 23.3 Å². The maximum Gasteiger partial charge on any atom is 0.322 e. The Hall–Kier alpha value is -1.94. The smallest absolute Gasteiger partial charge is 0.322 e. The van der Waals surface area contributed by atoms with Crippen LogP contribution in [0.15, 0.2) is 41.8 Å². The number of benzene rings is 1. The fourth-order valence-electron chi connectivity index (χ4n) is 3.56. The van der Waals surface area contributed by atoms with Crippen LogP contribution in [0, 0.1) is 5.92 Å². The fourth-order valence-corrected chi connectivity index (χ4v) is 5.02. The van der Waals surface area contributed by atoms with E-state index in [-0.39, 0.29) is 6.42 Å². The third-order valence-electron chi connectivity index (χ3n) is 5.29. The molecule has 0 aliphatic carbocycles. The van der Waals surface area contributed by atoms with Crippen LogP contribution in [0.5, 0.6) is 10.8 Å². The molecule has 1 aromatic heterocycles. The first-order valence-electron chi connectivity index (χ1n) is 10.6. The van der Waals surface area contributed by atoms with Crippen molar-refractivity contribution in [3.8, 4) is 10.8 Å². The minimum absolute atomic E-state index is 0.186. The first-order valence-corrected chi connectivity index (χ1v) is 12.6. The lowest BCUT2D eigenvalue weighted by Crippen LogP contribution is -2.40. The van der Waals surface area contributed by atoms with Crippen LogP contribution < -0.4 is 19.0 Å². The summed E-state index contributed by atoms with van der Waals surface area (Å²) in [6.45, 7) is 2.97. The van der Waals surface area contributed by atoms with Crippen LogP contribution in [0.1, 0.15) is 37.7 Å². The molecular formula is C22H30N2O5S2. The van der Waals surface area contributed by atoms with Crippen LogP contribution in [0.2, 0.25) is 0 Å². The number of unbranched alkanes of at least 4 members (excludes halogenated alkanes) is 1. The molecular weight excluding hydrogens is 436 g/mol. The molecule has 1 aromatic carbocycles. The van der Waals surface area contributed by atoms with Gasteiger partial charge in [0.05, 0.1) is 6.61 Å². The first kappa shape index (κ1) is 23.7. The van der Waals surface area contributed by atoms with E-state index in [9.17, 15) is 14.1 Å². The summed E-state index contributed by atoms with van der Waals surface area (Å²) in [5.74, 6) is 0.536. The molecule has 2 atom stereocenters. The number of aliphatic carboxylic acids is 1. The molecule has 2 unspecified atom stereocenters. The Morgan fingerprint density at radius 1 is 1.23 bits per heavy atom. The summed E-state index contributed by atoms with van der Waals surface area (Å²) in [7, 11) is 0. The number of hydrogen-bond acceptors (Lipinski definition) is 6. The lowest BCUT2D eigenvalue weighted by molar-refractivity contribution is -0.138. The Morgan fingerprint density at radius 3 is 2.68 bits per heavy atom. The van der Waals surface area contributed by atoms with Crippen LogP contribution in [0.25, 0.3) is 0 Å². The second-order valence-corrected chi connectivity index (χ2v) is 9.43. The molecule has 2 heterocycles. The molecule has 1 fully saturated rings. The van der Waals surface area contributed by atoms with Crippen LogP contribution >= 0.6 is 11.3 Å². The summed E-state index contributed by atoms with van der Waals surface area (Å²) >= 11 is -0.646. The first-order chi connectivity index (χ1) is 15.1. The van der Waals surface area contributed by atoms with E-state index in [1.54, 1.807) is 17.5 Å². The van der Waals surface area contributed by atoms with E-state index in [1.807, 2.05) is 24.3 Å². The van der Waals surface area contributed by atoms with Crippen molar-refractivity contribution in [2.24, 2.45) is 5.92 Å². The molecule has 1 aliphatic rings. The van der Waals surface area contributed by atoms with Gasteiger partial charge in [-0.3, -0.25) is 4.79 Å². The molecule has 0 bridgehead atoms. The van der Waals surface area contributed by atoms with Crippen molar-refractivity contribution in [1.29, 1.82) is 0 Å². The van der Waals surface area contributed by atoms with Crippen molar-refractivity contribution in [2.45, 2.75) is 44.6 Å². The number of piperidine rings is 1. The molecule has 2 aromatic rings. The number of carboxylic acids is 1. The molecule has 0 radical (unpaired) electrons. The minimum Gasteiger partial charge on any atom is -0.494 e. The monoisotopic (exact) mass is 466 g/mol. The van der Waals surface area contributed by atoms with Crippen LogP contribution in [-0.2, 0) is 22.5 Å². The number of carboxylic acid groups (broad SMARTS) is 1. The van der Waals surface area contributed by atoms with Crippen LogP contribution in [0.4, 0.5) is 0 Å². The lowest BCUT2D eigenvalue weighted by atomic mass is 9.93. The minimum atomic E-state index is -1.94. The molecule has 170 valence electrons. The van der Waals surface area contributed by atoms with E-state index in [4.69, 9.17) is 8.92 Å². The summed E-state index contributed by atoms with van der Waals surface area (Å²) in [6.07, 6.45) is 6.23. The van der Waals surface area contributed by atoms with Crippen molar-refractivity contribution >= 4 is 28.6 Å². The van der Waals surface area contributed by atoms with E-state index in [2.05, 4.69) is 10.0 Å². The van der Waals surface area contributed by atoms with E-state index in [0.29, 0.717) is 11.7 Å². The van der Waals surface area contributed by atoms with Gasteiger partial charge in [-0.05, 0) is 86.3 Å². The van der Waals surface area contributed by atoms with Crippen LogP contribution in [0.3, 0.4) is 0 Å². The van der Waals surface area contributed by atoms with Crippen molar-refractivity contribution in [1.82, 2.24) is 10.0 Å². The number of ether oxygens (including phenoxy) is 1. The van der Waals surface area contributed by atoms with Crippen molar-refractivity contribution < 1.29 is 23.0 Å². The van der Waals surface area contributed by atoms with Gasteiger partial charge in [0.15, 0.2) is 5.06 Å². The number of carbonyl (C=O) groups is 1. The largest absolute Gasteiger partial charge is 0.494 e. The van der Waals surface area contributed by atoms with E-state index in [1.165, 1.54) is 37.0 Å². The molecule has 7 nitrogen and oxygen atoms in total. The van der Waals surface area contributed by atoms with Gasteiger partial charge in [-0.25, -0.2) is 0 Å². The second kappa shape index (κ2) is 12.8. The molecule has 9 heteroatoms. The molecule has 1 aliphatic heterocycles. The second-order valence-electron chi connectivity index (χ2n) is 7.64. The molecule has 31 heavy (non-hydrogen) atoms. The number of hydrogen-bond donors (Lipinski definition) is 3. The van der Waals surface area contributed by atoms with Gasteiger partial charge in [-0.2, -0.15) is 8.93 Å². The van der Waals surface area contributed by atoms with Gasteiger partial charge < -0.3 is 19.3 Å². The third kappa shape index (κ3) is 8.60. The highest BCUT2D eigenvalue weighted by Crippen LogP contribution is 2.20. The van der Waals surface area contributed by atoms with Crippen molar-refractivity contribution in [3.63, 3.8) is 0 Å². The summed E-state index contributed by atoms with van der Waals surface area (Å²) in [6, 6.07) is 9.79. The van der Waals surface area contributed by atoms with E-state index in [0.717, 1.165) is 36.7 Å². The number of thiophene rings is 1. The van der Waals surface area contributed by atoms with Crippen molar-refractivity contribution in [2.75, 3.05) is 19.7 Å². The molecule has 0 amide bonds. The van der Waals surface area contributed by atoms with E-state index >= 15 is 0 Å². The van der Waals surface area contributed by atoms with Gasteiger partial charge in [0.1, 0.15) is 11.8 Å². The predicted molar refractivity (Wildman–Crippen MR) is 123 cm³/mol. The van der Waals surface area contributed by atoms with Gasteiger partial charge in [-0.15, -0.1) is 11.3 Å². The molecule has 0 saturated carbocycles. The molecule has 0 spiro atoms. The maximum absolute atomic E-state index is 12.0. The lowest BCUT2D eigenvalue weighted by Gasteiger charge is -2.22. The maximum atomic E-state index is 12.0. The zero-order valence-corrected chi connectivity index (χ0v) is 19.1. The van der Waals surface area contributed by atoms with Gasteiger partial charge >= 0.3 is 5.97 Å². The summed E-state index contributed by atoms with van der Waals surface area (Å²) < 4.78 is 25.6. The van der Waals surface area contributed by atoms with Crippen molar-refractivity contribution in [3.05, 3.63) is 47.3 Å². The number of nitrogens with one attached hydrogen (secondary N) is 2. The third-order valence-corrected chi connectivity index (χ3v) is 6.95. The highest BCUT2D eigenvalue weighted by molar-refractivity contribution is 7.78. The summed E-state index contributed by atoms with van der Waals surface area (Å²) in [5.41, 5.74) is 0.811. The molecule has 3 rings (SSSR count). The predicted octanol–water partition coefficient (Wildman–Crippen LogP) is 3.54. The van der Waals surface area contributed by atoms with Gasteiger partial charge in [0.25, 0.3) is 11.3 Å². The topological polar surface area (TPSA) is 96.9 Å². The fraction of sp³-hybridized carbons (Fsp3) is 0.500. The average Bonchev–Trinajstić information content (AvgIpc) is 3.27. The Balaban J connectivity index is 1.38. The standard InChI is InChI=1S/C22H30N2O5S2/c25-22(26)20(24-31(27)29-21-5-3-15-30-21)16-18-6-8-19(9-7-18)28-14-2-1-4-17-10-12-23-13-11-17/h3,5-9,15,17,20,23-24H,1-2,4,10-14,16H2,(H,25,26). The van der Waals surface area contributed by atoms with Gasteiger partial charge in [0, 0.05) is 0 Å². The summed E-state index contributed by atoms with van der Waals surface area (Å²) in [5, 5.41) is 15.1. The summed E-state index contributed by atoms with van der Waals surface area (Å²) in [4.78, 5) is 11.5. The number of rotatable bonds is 13. The molecule has 1 saturated heterocycles. The highest BCUT2D eigenvalue weighted by Gasteiger charge is 2.21. The van der Waals surface area contributed by atoms with Gasteiger partial charge in [-0.1, -0.05) is 18.6 Å². The Bertz CT molecular complexity index is 808. The highest BCUT2D eigenvalue weighted by atomic mass is 32.2. The van der Waals surface area contributed by atoms with Gasteiger partial charge in [0.2, 0.25) is 0 Å². The quantitative estimate of drug-likeness (QED) is 0.391. The zero-order chi connectivity index (χ0) is 21.9.